The van der Waals surface area contributed by atoms with Crippen LogP contribution >= 0.6 is 7.82 Å². The topological polar surface area (TPSA) is 59.5 Å². The molecule has 7 nitrogen and oxygen atoms in total. The zero-order valence-electron chi connectivity index (χ0n) is 65.6. The fraction of sp³-hybridized carbons (Fsp3) is 0.419. The van der Waals surface area contributed by atoms with Crippen molar-refractivity contribution in [2.45, 2.75) is 257 Å². The lowest BCUT2D eigenvalue weighted by atomic mass is 9.80. The van der Waals surface area contributed by atoms with Crippen LogP contribution in [0.5, 0.6) is 0 Å². The second-order valence-corrected chi connectivity index (χ2v) is 36.6. The number of hydrogen-bond acceptors (Lipinski definition) is 4. The molecule has 0 N–H and O–H groups in total. The molecule has 3 aromatic heterocycles. The Morgan fingerprint density at radius 1 is 0.277 bits per heavy atom. The molecule has 0 unspecified atom stereocenters. The Labute approximate surface area is 604 Å². The van der Waals surface area contributed by atoms with Gasteiger partial charge in [-0.3, -0.25) is 13.6 Å². The lowest BCUT2D eigenvalue weighted by Crippen LogP contribution is -2.17. The molecule has 101 heavy (non-hydrogen) atoms. The van der Waals surface area contributed by atoms with Crippen LogP contribution in [0.3, 0.4) is 0 Å². The molecule has 9 aromatic carbocycles. The molecule has 3 heterocycles. The number of para-hydroxylation sites is 3. The van der Waals surface area contributed by atoms with Crippen molar-refractivity contribution in [2.75, 3.05) is 0 Å². The summed E-state index contributed by atoms with van der Waals surface area (Å²) in [5.74, 6) is 0. The number of hydrogen-bond donors (Lipinski definition) is 0. The van der Waals surface area contributed by atoms with Crippen LogP contribution in [-0.2, 0) is 109 Å². The van der Waals surface area contributed by atoms with Crippen LogP contribution in [0.4, 0.5) is 0 Å². The summed E-state index contributed by atoms with van der Waals surface area (Å²) in [7, 11) is -4.48. The van der Waals surface area contributed by atoms with E-state index in [1.807, 2.05) is 0 Å². The Morgan fingerprint density at radius 2 is 0.485 bits per heavy atom. The first-order valence-corrected chi connectivity index (χ1v) is 39.2. The largest absolute Gasteiger partial charge is 0.475 e. The van der Waals surface area contributed by atoms with Gasteiger partial charge in [0.1, 0.15) is 0 Å². The highest BCUT2D eigenvalue weighted by Crippen LogP contribution is 2.54. The van der Waals surface area contributed by atoms with Crippen molar-refractivity contribution < 1.29 is 18.1 Å². The van der Waals surface area contributed by atoms with E-state index >= 15 is 4.57 Å². The fourth-order valence-electron chi connectivity index (χ4n) is 16.0. The Morgan fingerprint density at radius 3 is 0.683 bits per heavy atom. The van der Waals surface area contributed by atoms with Crippen LogP contribution in [-0.4, -0.2) is 13.7 Å². The van der Waals surface area contributed by atoms with Gasteiger partial charge in [0.05, 0.1) is 52.9 Å². The maximum Gasteiger partial charge on any atom is 0.475 e. The minimum Gasteiger partial charge on any atom is -0.309 e. The minimum atomic E-state index is -4.48. The Balaban J connectivity index is 1.03. The molecule has 0 aliphatic rings. The SMILES string of the molecule is CCc1c(COP(=O)(OCc2cc3c4ccccc4n(-c4cc(C(C)(C)C)cc(C(C)(C)C)c4)c3c(CC)c2CC)OCc2cc3c4ccccc4n(-c4cc(C(C)(C)C)cc(C(C)(C)C)c4)c3c(CC)c2CC)cc2c3ccccc3n(-c3cc(C(C)(C)C)cc(C(C)(C)C)c3)c2c1CC. The molecule has 0 saturated heterocycles. The van der Waals surface area contributed by atoms with Gasteiger partial charge in [-0.15, -0.1) is 0 Å². The van der Waals surface area contributed by atoms with Crippen molar-refractivity contribution in [3.63, 3.8) is 0 Å². The summed E-state index contributed by atoms with van der Waals surface area (Å²) in [6, 6.07) is 55.1. The molecule has 0 atom stereocenters. The molecule has 0 aliphatic heterocycles. The van der Waals surface area contributed by atoms with Gasteiger partial charge >= 0.3 is 7.82 Å². The van der Waals surface area contributed by atoms with Gasteiger partial charge in [-0.25, -0.2) is 4.57 Å². The number of phosphoric ester groups is 1. The van der Waals surface area contributed by atoms with Crippen LogP contribution in [0.2, 0.25) is 0 Å². The third-order valence-electron chi connectivity index (χ3n) is 21.8. The predicted octanol–water partition coefficient (Wildman–Crippen LogP) is 26.2. The van der Waals surface area contributed by atoms with Gasteiger partial charge < -0.3 is 13.7 Å². The van der Waals surface area contributed by atoms with Crippen LogP contribution in [0.1, 0.15) is 250 Å². The summed E-state index contributed by atoms with van der Waals surface area (Å²) in [5.41, 5.74) is 28.2. The van der Waals surface area contributed by atoms with Crippen molar-refractivity contribution in [1.82, 2.24) is 13.7 Å². The van der Waals surface area contributed by atoms with Crippen LogP contribution in [0, 0.1) is 0 Å². The van der Waals surface area contributed by atoms with E-state index in [0.717, 1.165) is 121 Å². The number of fused-ring (bicyclic) bond motifs is 9. The van der Waals surface area contributed by atoms with Gasteiger partial charge in [0.2, 0.25) is 0 Å². The highest BCUT2D eigenvalue weighted by Gasteiger charge is 2.34. The molecular formula is C93H114N3O4P. The second-order valence-electron chi connectivity index (χ2n) is 34.9. The molecule has 0 fully saturated rings. The first-order valence-electron chi connectivity index (χ1n) is 37.7. The van der Waals surface area contributed by atoms with E-state index in [1.165, 1.54) is 83.3 Å². The number of nitrogens with zero attached hydrogens (tertiary/aromatic N) is 3. The third kappa shape index (κ3) is 13.7. The number of phosphoric acid groups is 1. The molecule has 0 radical (unpaired) electrons. The van der Waals surface area contributed by atoms with E-state index in [0.29, 0.717) is 0 Å². The van der Waals surface area contributed by atoms with Gasteiger partial charge in [0.25, 0.3) is 0 Å². The molecule has 12 aromatic rings. The number of rotatable bonds is 18. The van der Waals surface area contributed by atoms with E-state index < -0.39 is 7.82 Å². The average Bonchev–Trinajstić information content (AvgIpc) is 1.60. The van der Waals surface area contributed by atoms with Gasteiger partial charge in [-0.2, -0.15) is 0 Å². The highest BCUT2D eigenvalue weighted by molar-refractivity contribution is 7.48. The van der Waals surface area contributed by atoms with Crippen molar-refractivity contribution >= 4 is 73.2 Å². The second kappa shape index (κ2) is 26.9. The summed E-state index contributed by atoms with van der Waals surface area (Å²) < 4.78 is 45.7. The van der Waals surface area contributed by atoms with Crippen LogP contribution < -0.4 is 0 Å². The zero-order valence-corrected chi connectivity index (χ0v) is 66.5. The van der Waals surface area contributed by atoms with E-state index in [1.54, 1.807) is 0 Å². The van der Waals surface area contributed by atoms with Gasteiger partial charge in [-0.1, -0.05) is 239 Å². The van der Waals surface area contributed by atoms with Crippen molar-refractivity contribution in [2.24, 2.45) is 0 Å². The summed E-state index contributed by atoms with van der Waals surface area (Å²) in [5, 5.41) is 6.91. The molecule has 0 spiro atoms. The van der Waals surface area contributed by atoms with Crippen LogP contribution in [0.15, 0.2) is 146 Å². The molecule has 0 amide bonds. The lowest BCUT2D eigenvalue weighted by Gasteiger charge is -2.27. The number of benzene rings is 9. The standard InChI is InChI=1S/C93H114N3O4P/c1-25-70-58(43-79-76-37-31-34-40-82(76)94(85(79)73(70)28-4)67-49-61(88(7,8)9)46-62(50-67)89(10,11)12)55-98-101(97,99-56-59-44-80-77-38-32-35-41-83(77)95(86(80)74(29-5)71(59)26-2)68-51-63(90(13,14)15)47-64(52-68)91(16,17)18)100-57-60-45-81-78-39-33-36-42-84(78)96(87(81)75(30-6)72(60)27-3)69-53-65(92(19,20)21)48-66(54-69)93(22,23)24/h31-54H,25-30,55-57H2,1-24H3. The summed E-state index contributed by atoms with van der Waals surface area (Å²) in [4.78, 5) is 0. The maximum atomic E-state index is 16.8. The normalized spacial score (nSPS) is 13.3. The monoisotopic (exact) mass is 1370 g/mol. The van der Waals surface area contributed by atoms with Crippen molar-refractivity contribution in [1.29, 1.82) is 0 Å². The molecule has 12 rings (SSSR count). The Bertz CT molecular complexity index is 4620. The molecule has 0 aliphatic carbocycles. The molecular weight excluding hydrogens is 1250 g/mol. The van der Waals surface area contributed by atoms with E-state index in [2.05, 4.69) is 325 Å². The lowest BCUT2D eigenvalue weighted by molar-refractivity contribution is 0.0974. The molecule has 530 valence electrons. The third-order valence-corrected chi connectivity index (χ3v) is 23.1. The predicted molar refractivity (Wildman–Crippen MR) is 433 cm³/mol. The molecule has 8 heteroatoms. The average molecular weight is 1370 g/mol. The first kappa shape index (κ1) is 73.2. The van der Waals surface area contributed by atoms with Gasteiger partial charge in [0, 0.05) is 49.4 Å². The maximum absolute atomic E-state index is 16.8. The molecule has 0 saturated carbocycles. The summed E-state index contributed by atoms with van der Waals surface area (Å²) >= 11 is 0. The van der Waals surface area contributed by atoms with Crippen molar-refractivity contribution in [3.8, 4) is 17.1 Å². The summed E-state index contributed by atoms with van der Waals surface area (Å²) in [6.07, 6.45) is 4.60. The molecule has 0 bridgehead atoms. The van der Waals surface area contributed by atoms with E-state index in [4.69, 9.17) is 13.6 Å². The minimum absolute atomic E-state index is 0.0195. The first-order chi connectivity index (χ1) is 47.5. The van der Waals surface area contributed by atoms with E-state index in [-0.39, 0.29) is 52.3 Å². The van der Waals surface area contributed by atoms with E-state index in [9.17, 15) is 0 Å². The number of aryl methyl sites for hydroxylation is 3. The fourth-order valence-corrected chi connectivity index (χ4v) is 17.1. The Hall–Kier alpha value is -7.51. The highest BCUT2D eigenvalue weighted by atomic mass is 31.2. The Kier molecular flexibility index (Phi) is 19.5. The summed E-state index contributed by atoms with van der Waals surface area (Å²) in [6.45, 7) is 55.3. The zero-order chi connectivity index (χ0) is 73.0. The van der Waals surface area contributed by atoms with Gasteiger partial charge in [-0.05, 0) is 227 Å². The number of aromatic nitrogens is 3. The smallest absolute Gasteiger partial charge is 0.309 e. The van der Waals surface area contributed by atoms with Gasteiger partial charge in [0.15, 0.2) is 0 Å². The van der Waals surface area contributed by atoms with Crippen LogP contribution in [0.25, 0.3) is 82.5 Å². The quantitative estimate of drug-likeness (QED) is 0.0803. The van der Waals surface area contributed by atoms with Crippen molar-refractivity contribution in [3.05, 3.63) is 229 Å².